The third-order valence-electron chi connectivity index (χ3n) is 3.68. The molecule has 27 heavy (non-hydrogen) atoms. The van der Waals surface area contributed by atoms with Crippen molar-refractivity contribution in [3.05, 3.63) is 69.0 Å². The topological polar surface area (TPSA) is 118 Å². The molecule has 138 valence electrons. The second-order valence-electron chi connectivity index (χ2n) is 5.42. The van der Waals surface area contributed by atoms with Crippen LogP contribution >= 0.6 is 11.6 Å². The van der Waals surface area contributed by atoms with E-state index in [1.54, 1.807) is 6.07 Å². The molecule has 0 saturated carbocycles. The minimum absolute atomic E-state index is 0.119. The number of carbonyl (C=O) groups excluding carboxylic acids is 2. The molecule has 0 aliphatic heterocycles. The van der Waals surface area contributed by atoms with Crippen molar-refractivity contribution in [1.82, 2.24) is 10.9 Å². The Hall–Kier alpha value is -3.52. The van der Waals surface area contributed by atoms with Crippen molar-refractivity contribution in [2.24, 2.45) is 0 Å². The fraction of sp³-hybridized carbons (Fsp3) is 0.0556. The number of methoxy groups -OCH3 is 1. The highest BCUT2D eigenvalue weighted by atomic mass is 35.5. The number of hydrogen-bond donors (Lipinski definition) is 3. The summed E-state index contributed by atoms with van der Waals surface area (Å²) in [5, 5.41) is 10.6. The Balaban J connectivity index is 1.80. The third kappa shape index (κ3) is 3.85. The van der Waals surface area contributed by atoms with E-state index in [1.807, 2.05) is 0 Å². The van der Waals surface area contributed by atoms with Crippen LogP contribution in [0.1, 0.15) is 20.7 Å². The predicted octanol–water partition coefficient (Wildman–Crippen LogP) is 2.24. The summed E-state index contributed by atoms with van der Waals surface area (Å²) in [6.07, 6.45) is 0. The van der Waals surface area contributed by atoms with Crippen LogP contribution in [-0.2, 0) is 0 Å². The molecule has 0 radical (unpaired) electrons. The Labute approximate surface area is 157 Å². The molecule has 8 nitrogen and oxygen atoms in total. The van der Waals surface area contributed by atoms with E-state index in [9.17, 15) is 19.5 Å². The lowest BCUT2D eigenvalue weighted by atomic mass is 10.1. The van der Waals surface area contributed by atoms with Crippen LogP contribution in [0.25, 0.3) is 11.0 Å². The number of halogens is 1. The average Bonchev–Trinajstić information content (AvgIpc) is 2.66. The van der Waals surface area contributed by atoms with Gasteiger partial charge in [-0.2, -0.15) is 0 Å². The lowest BCUT2D eigenvalue weighted by Crippen LogP contribution is -2.43. The number of aromatic hydroxyl groups is 1. The molecule has 2 aromatic carbocycles. The SMILES string of the molecule is COc1ccc(O)c(C(=O)NNC(=O)c2cc3cc(Cl)ccc3oc2=O)c1. The molecule has 2 amide bonds. The molecule has 0 atom stereocenters. The maximum Gasteiger partial charge on any atom is 0.349 e. The first kappa shape index (κ1) is 18.3. The van der Waals surface area contributed by atoms with Crippen LogP contribution in [0, 0.1) is 0 Å². The number of phenols is 1. The summed E-state index contributed by atoms with van der Waals surface area (Å²) < 4.78 is 10.0. The number of benzene rings is 2. The van der Waals surface area contributed by atoms with Gasteiger partial charge in [-0.25, -0.2) is 4.79 Å². The smallest absolute Gasteiger partial charge is 0.349 e. The van der Waals surface area contributed by atoms with E-state index in [0.717, 1.165) is 0 Å². The molecule has 0 spiro atoms. The summed E-state index contributed by atoms with van der Waals surface area (Å²) in [6, 6.07) is 9.93. The predicted molar refractivity (Wildman–Crippen MR) is 97.1 cm³/mol. The Morgan fingerprint density at radius 1 is 1.04 bits per heavy atom. The van der Waals surface area contributed by atoms with Crippen molar-refractivity contribution < 1.29 is 23.8 Å². The largest absolute Gasteiger partial charge is 0.507 e. The first-order valence-electron chi connectivity index (χ1n) is 7.60. The van der Waals surface area contributed by atoms with Gasteiger partial charge in [0.15, 0.2) is 0 Å². The lowest BCUT2D eigenvalue weighted by Gasteiger charge is -2.09. The van der Waals surface area contributed by atoms with Crippen molar-refractivity contribution in [3.63, 3.8) is 0 Å². The van der Waals surface area contributed by atoms with Gasteiger partial charge in [-0.05, 0) is 42.5 Å². The fourth-order valence-corrected chi connectivity index (χ4v) is 2.51. The van der Waals surface area contributed by atoms with E-state index in [0.29, 0.717) is 16.2 Å². The highest BCUT2D eigenvalue weighted by Crippen LogP contribution is 2.22. The van der Waals surface area contributed by atoms with Gasteiger partial charge in [0.1, 0.15) is 22.6 Å². The minimum atomic E-state index is -0.888. The molecule has 0 saturated heterocycles. The summed E-state index contributed by atoms with van der Waals surface area (Å²) >= 11 is 5.89. The van der Waals surface area contributed by atoms with Crippen LogP contribution in [0.5, 0.6) is 11.5 Å². The standard InChI is InChI=1S/C18H13ClN2O6/c1-26-11-3-4-14(22)12(8-11)16(23)20-21-17(24)13-7-9-6-10(19)2-5-15(9)27-18(13)25/h2-8,22H,1H3,(H,20,23)(H,21,24). The molecule has 0 aliphatic carbocycles. The fourth-order valence-electron chi connectivity index (χ4n) is 2.32. The van der Waals surface area contributed by atoms with Crippen LogP contribution in [0.3, 0.4) is 0 Å². The molecule has 3 rings (SSSR count). The molecular weight excluding hydrogens is 376 g/mol. The number of hydrazine groups is 1. The lowest BCUT2D eigenvalue weighted by molar-refractivity contribution is 0.0843. The number of phenolic OH excluding ortho intramolecular Hbond substituents is 1. The Morgan fingerprint density at radius 2 is 1.74 bits per heavy atom. The normalized spacial score (nSPS) is 10.4. The van der Waals surface area contributed by atoms with Crippen molar-refractivity contribution >= 4 is 34.4 Å². The maximum absolute atomic E-state index is 12.2. The molecule has 1 aromatic heterocycles. The number of amides is 2. The van der Waals surface area contributed by atoms with Gasteiger partial charge < -0.3 is 14.3 Å². The number of hydrogen-bond acceptors (Lipinski definition) is 6. The van der Waals surface area contributed by atoms with E-state index in [1.165, 1.54) is 43.5 Å². The van der Waals surface area contributed by atoms with E-state index in [4.69, 9.17) is 20.8 Å². The van der Waals surface area contributed by atoms with E-state index in [-0.39, 0.29) is 22.5 Å². The van der Waals surface area contributed by atoms with Gasteiger partial charge in [0.05, 0.1) is 12.7 Å². The maximum atomic E-state index is 12.2. The first-order chi connectivity index (χ1) is 12.9. The van der Waals surface area contributed by atoms with E-state index >= 15 is 0 Å². The minimum Gasteiger partial charge on any atom is -0.507 e. The Bertz CT molecular complexity index is 1110. The Morgan fingerprint density at radius 3 is 2.44 bits per heavy atom. The molecule has 0 bridgehead atoms. The van der Waals surface area contributed by atoms with Crippen LogP contribution in [0.4, 0.5) is 0 Å². The van der Waals surface area contributed by atoms with Crippen molar-refractivity contribution in [2.75, 3.05) is 7.11 Å². The molecule has 3 N–H and O–H groups in total. The van der Waals surface area contributed by atoms with Gasteiger partial charge >= 0.3 is 5.63 Å². The van der Waals surface area contributed by atoms with Gasteiger partial charge in [-0.15, -0.1) is 0 Å². The molecule has 3 aromatic rings. The zero-order chi connectivity index (χ0) is 19.6. The molecular formula is C18H13ClN2O6. The highest BCUT2D eigenvalue weighted by molar-refractivity contribution is 6.31. The molecule has 0 fully saturated rings. The zero-order valence-electron chi connectivity index (χ0n) is 13.9. The first-order valence-corrected chi connectivity index (χ1v) is 7.98. The number of nitrogens with one attached hydrogen (secondary N) is 2. The summed E-state index contributed by atoms with van der Waals surface area (Å²) in [4.78, 5) is 36.4. The second-order valence-corrected chi connectivity index (χ2v) is 5.86. The summed E-state index contributed by atoms with van der Waals surface area (Å²) in [5.41, 5.74) is 3.17. The summed E-state index contributed by atoms with van der Waals surface area (Å²) in [6.45, 7) is 0. The van der Waals surface area contributed by atoms with Crippen LogP contribution in [0.15, 0.2) is 51.7 Å². The van der Waals surface area contributed by atoms with Gasteiger partial charge in [0.25, 0.3) is 11.8 Å². The summed E-state index contributed by atoms with van der Waals surface area (Å²) in [5.74, 6) is -1.65. The van der Waals surface area contributed by atoms with Crippen molar-refractivity contribution in [3.8, 4) is 11.5 Å². The van der Waals surface area contributed by atoms with Gasteiger partial charge in [-0.3, -0.25) is 20.4 Å². The van der Waals surface area contributed by atoms with Crippen LogP contribution in [-0.4, -0.2) is 24.0 Å². The average molecular weight is 389 g/mol. The monoisotopic (exact) mass is 388 g/mol. The van der Waals surface area contributed by atoms with Crippen molar-refractivity contribution in [2.45, 2.75) is 0 Å². The number of rotatable bonds is 3. The molecule has 1 heterocycles. The number of carbonyl (C=O) groups is 2. The summed E-state index contributed by atoms with van der Waals surface area (Å²) in [7, 11) is 1.40. The Kier molecular flexibility index (Phi) is 5.00. The van der Waals surface area contributed by atoms with Crippen LogP contribution in [0.2, 0.25) is 5.02 Å². The zero-order valence-corrected chi connectivity index (χ0v) is 14.7. The van der Waals surface area contributed by atoms with E-state index < -0.39 is 17.4 Å². The number of ether oxygens (including phenoxy) is 1. The van der Waals surface area contributed by atoms with Crippen LogP contribution < -0.4 is 21.2 Å². The highest BCUT2D eigenvalue weighted by Gasteiger charge is 2.17. The van der Waals surface area contributed by atoms with Gasteiger partial charge in [-0.1, -0.05) is 11.6 Å². The van der Waals surface area contributed by atoms with Crippen molar-refractivity contribution in [1.29, 1.82) is 0 Å². The van der Waals surface area contributed by atoms with E-state index in [2.05, 4.69) is 10.9 Å². The van der Waals surface area contributed by atoms with Gasteiger partial charge in [0, 0.05) is 10.4 Å². The molecule has 0 aliphatic rings. The quantitative estimate of drug-likeness (QED) is 0.468. The van der Waals surface area contributed by atoms with Gasteiger partial charge in [0.2, 0.25) is 0 Å². The molecule has 0 unspecified atom stereocenters. The number of fused-ring (bicyclic) bond motifs is 1. The molecule has 9 heteroatoms. The third-order valence-corrected chi connectivity index (χ3v) is 3.91. The second kappa shape index (κ2) is 7.38.